The fourth-order valence-electron chi connectivity index (χ4n) is 4.31. The van der Waals surface area contributed by atoms with Gasteiger partial charge in [-0.15, -0.1) is 0 Å². The third kappa shape index (κ3) is 3.20. The van der Waals surface area contributed by atoms with Crippen LogP contribution in [0.25, 0.3) is 0 Å². The zero-order valence-corrected chi connectivity index (χ0v) is 15.6. The lowest BCUT2D eigenvalue weighted by Crippen LogP contribution is -2.38. The van der Waals surface area contributed by atoms with Crippen LogP contribution in [0.3, 0.4) is 0 Å². The molecule has 0 aliphatic carbocycles. The standard InChI is InChI=1S/C16H25N5O3S/c1-18-10-14-4-3-13(8-16(18)22)20(14)9-12-7-15-11-19(25(2,23)24)5-6-21(15)17-12/h7,13-14H,3-6,8-11H2,1-2H3/t13-,14+/m1/s1. The first-order chi connectivity index (χ1) is 11.8. The highest BCUT2D eigenvalue weighted by Gasteiger charge is 2.39. The molecular weight excluding hydrogens is 342 g/mol. The van der Waals surface area contributed by atoms with Crippen molar-refractivity contribution < 1.29 is 13.2 Å². The fourth-order valence-corrected chi connectivity index (χ4v) is 5.09. The number of carbonyl (C=O) groups is 1. The molecule has 1 aromatic heterocycles. The maximum absolute atomic E-state index is 12.1. The molecule has 0 saturated carbocycles. The lowest BCUT2D eigenvalue weighted by Gasteiger charge is -2.26. The van der Waals surface area contributed by atoms with Gasteiger partial charge in [-0.05, 0) is 18.9 Å². The zero-order chi connectivity index (χ0) is 17.8. The molecule has 0 radical (unpaired) electrons. The molecule has 8 nitrogen and oxygen atoms in total. The average Bonchev–Trinajstić information content (AvgIpc) is 3.07. The Labute approximate surface area is 148 Å². The maximum Gasteiger partial charge on any atom is 0.223 e. The first kappa shape index (κ1) is 17.0. The molecule has 2 bridgehead atoms. The molecule has 0 spiro atoms. The molecule has 2 fully saturated rings. The second-order valence-corrected chi connectivity index (χ2v) is 9.46. The number of likely N-dealkylation sites (tertiary alicyclic amines) is 1. The van der Waals surface area contributed by atoms with Crippen molar-refractivity contribution in [1.29, 1.82) is 0 Å². The number of carbonyl (C=O) groups excluding carboxylic acids is 1. The van der Waals surface area contributed by atoms with Gasteiger partial charge < -0.3 is 4.90 Å². The Morgan fingerprint density at radius 2 is 2.00 bits per heavy atom. The van der Waals surface area contributed by atoms with E-state index in [2.05, 4.69) is 10.00 Å². The van der Waals surface area contributed by atoms with Crippen molar-refractivity contribution in [1.82, 2.24) is 23.9 Å². The van der Waals surface area contributed by atoms with E-state index in [1.54, 1.807) is 0 Å². The second-order valence-electron chi connectivity index (χ2n) is 7.48. The molecule has 0 aromatic carbocycles. The summed E-state index contributed by atoms with van der Waals surface area (Å²) < 4.78 is 27.0. The van der Waals surface area contributed by atoms with E-state index >= 15 is 0 Å². The molecule has 0 N–H and O–H groups in total. The van der Waals surface area contributed by atoms with E-state index in [1.807, 2.05) is 22.7 Å². The summed E-state index contributed by atoms with van der Waals surface area (Å²) in [5.74, 6) is 0.227. The lowest BCUT2D eigenvalue weighted by atomic mass is 10.1. The molecule has 25 heavy (non-hydrogen) atoms. The van der Waals surface area contributed by atoms with Crippen LogP contribution in [-0.2, 0) is 34.5 Å². The van der Waals surface area contributed by atoms with E-state index in [1.165, 1.54) is 10.6 Å². The average molecular weight is 367 g/mol. The SMILES string of the molecule is CN1C[C@@H]2CC[C@H](CC1=O)N2Cc1cc2n(n1)CCN(S(C)(=O)=O)C2. The number of fused-ring (bicyclic) bond motifs is 3. The van der Waals surface area contributed by atoms with Gasteiger partial charge in [0.05, 0.1) is 30.7 Å². The first-order valence-corrected chi connectivity index (χ1v) is 10.7. The normalized spacial score (nSPS) is 28.2. The van der Waals surface area contributed by atoms with Gasteiger partial charge in [-0.25, -0.2) is 8.42 Å². The largest absolute Gasteiger partial charge is 0.344 e. The van der Waals surface area contributed by atoms with E-state index in [0.717, 1.165) is 37.3 Å². The molecule has 2 atom stereocenters. The third-order valence-electron chi connectivity index (χ3n) is 5.72. The van der Waals surface area contributed by atoms with Gasteiger partial charge in [0.25, 0.3) is 0 Å². The van der Waals surface area contributed by atoms with E-state index < -0.39 is 10.0 Å². The number of hydrogen-bond donors (Lipinski definition) is 0. The Balaban J connectivity index is 1.51. The zero-order valence-electron chi connectivity index (χ0n) is 14.8. The second kappa shape index (κ2) is 6.07. The van der Waals surface area contributed by atoms with Gasteiger partial charge in [-0.1, -0.05) is 0 Å². The van der Waals surface area contributed by atoms with Crippen molar-refractivity contribution in [3.63, 3.8) is 0 Å². The van der Waals surface area contributed by atoms with Gasteiger partial charge in [0, 0.05) is 45.2 Å². The minimum absolute atomic E-state index is 0.227. The van der Waals surface area contributed by atoms with Crippen molar-refractivity contribution in [3.8, 4) is 0 Å². The van der Waals surface area contributed by atoms with Crippen LogP contribution in [0.5, 0.6) is 0 Å². The van der Waals surface area contributed by atoms with Crippen molar-refractivity contribution >= 4 is 15.9 Å². The fraction of sp³-hybridized carbons (Fsp3) is 0.750. The number of likely N-dealkylation sites (N-methyl/N-ethyl adjacent to an activating group) is 1. The van der Waals surface area contributed by atoms with Crippen LogP contribution in [0.1, 0.15) is 30.7 Å². The summed E-state index contributed by atoms with van der Waals surface area (Å²) in [6.07, 6.45) is 4.03. The highest BCUT2D eigenvalue weighted by molar-refractivity contribution is 7.88. The third-order valence-corrected chi connectivity index (χ3v) is 6.97. The molecule has 2 saturated heterocycles. The van der Waals surface area contributed by atoms with E-state index in [0.29, 0.717) is 38.1 Å². The van der Waals surface area contributed by atoms with E-state index in [9.17, 15) is 13.2 Å². The molecular formula is C16H25N5O3S. The van der Waals surface area contributed by atoms with Crippen LogP contribution >= 0.6 is 0 Å². The highest BCUT2D eigenvalue weighted by Crippen LogP contribution is 2.32. The van der Waals surface area contributed by atoms with Gasteiger partial charge in [0.2, 0.25) is 15.9 Å². The van der Waals surface area contributed by atoms with E-state index in [-0.39, 0.29) is 5.91 Å². The monoisotopic (exact) mass is 367 g/mol. The summed E-state index contributed by atoms with van der Waals surface area (Å²) in [5, 5.41) is 4.68. The smallest absolute Gasteiger partial charge is 0.223 e. The van der Waals surface area contributed by atoms with Gasteiger partial charge in [-0.3, -0.25) is 14.4 Å². The van der Waals surface area contributed by atoms with Crippen LogP contribution < -0.4 is 0 Å². The van der Waals surface area contributed by atoms with Crippen LogP contribution in [0, 0.1) is 0 Å². The summed E-state index contributed by atoms with van der Waals surface area (Å²) in [6, 6.07) is 2.72. The number of sulfonamides is 1. The number of aromatic nitrogens is 2. The lowest BCUT2D eigenvalue weighted by molar-refractivity contribution is -0.130. The molecule has 1 amide bonds. The van der Waals surface area contributed by atoms with Gasteiger partial charge >= 0.3 is 0 Å². The van der Waals surface area contributed by atoms with Crippen LogP contribution in [0.4, 0.5) is 0 Å². The summed E-state index contributed by atoms with van der Waals surface area (Å²) in [5.41, 5.74) is 1.92. The van der Waals surface area contributed by atoms with E-state index in [4.69, 9.17) is 0 Å². The van der Waals surface area contributed by atoms with Crippen molar-refractivity contribution in [2.45, 2.75) is 51.0 Å². The summed E-state index contributed by atoms with van der Waals surface area (Å²) in [4.78, 5) is 16.4. The van der Waals surface area contributed by atoms with Gasteiger partial charge in [-0.2, -0.15) is 9.40 Å². The predicted molar refractivity (Wildman–Crippen MR) is 92.1 cm³/mol. The number of hydrogen-bond acceptors (Lipinski definition) is 5. The Hall–Kier alpha value is -1.45. The van der Waals surface area contributed by atoms with Crippen molar-refractivity contribution in [2.75, 3.05) is 26.4 Å². The minimum atomic E-state index is -3.17. The maximum atomic E-state index is 12.1. The van der Waals surface area contributed by atoms with Crippen molar-refractivity contribution in [2.24, 2.45) is 0 Å². The number of nitrogens with zero attached hydrogens (tertiary/aromatic N) is 5. The Morgan fingerprint density at radius 3 is 2.76 bits per heavy atom. The summed E-state index contributed by atoms with van der Waals surface area (Å²) >= 11 is 0. The molecule has 3 aliphatic heterocycles. The number of amides is 1. The quantitative estimate of drug-likeness (QED) is 0.743. The topological polar surface area (TPSA) is 78.8 Å². The first-order valence-electron chi connectivity index (χ1n) is 8.81. The molecule has 1 aromatic rings. The summed E-state index contributed by atoms with van der Waals surface area (Å²) in [7, 11) is -1.29. The predicted octanol–water partition coefficient (Wildman–Crippen LogP) is -0.147. The Morgan fingerprint density at radius 1 is 1.24 bits per heavy atom. The molecule has 0 unspecified atom stereocenters. The minimum Gasteiger partial charge on any atom is -0.344 e. The Kier molecular flexibility index (Phi) is 4.12. The van der Waals surface area contributed by atoms with Crippen LogP contribution in [-0.4, -0.2) is 76.7 Å². The molecule has 138 valence electrons. The molecule has 3 aliphatic rings. The molecule has 9 heteroatoms. The Bertz CT molecular complexity index is 790. The molecule has 4 rings (SSSR count). The number of rotatable bonds is 3. The van der Waals surface area contributed by atoms with Crippen LogP contribution in [0.15, 0.2) is 6.07 Å². The molecule has 4 heterocycles. The highest BCUT2D eigenvalue weighted by atomic mass is 32.2. The summed E-state index contributed by atoms with van der Waals surface area (Å²) in [6.45, 7) is 2.97. The van der Waals surface area contributed by atoms with Gasteiger partial charge in [0.1, 0.15) is 0 Å². The van der Waals surface area contributed by atoms with Gasteiger partial charge in [0.15, 0.2) is 0 Å². The van der Waals surface area contributed by atoms with Crippen LogP contribution in [0.2, 0.25) is 0 Å². The van der Waals surface area contributed by atoms with Crippen molar-refractivity contribution in [3.05, 3.63) is 17.5 Å².